The van der Waals surface area contributed by atoms with Crippen LogP contribution in [0.25, 0.3) is 0 Å². The lowest BCUT2D eigenvalue weighted by Crippen LogP contribution is -1.97. The number of ether oxygens (including phenoxy) is 2. The van der Waals surface area contributed by atoms with Crippen molar-refractivity contribution in [2.45, 2.75) is 20.1 Å². The van der Waals surface area contributed by atoms with E-state index in [1.807, 2.05) is 19.1 Å². The zero-order valence-electron chi connectivity index (χ0n) is 8.83. The van der Waals surface area contributed by atoms with Crippen molar-refractivity contribution in [2.75, 3.05) is 14.2 Å². The van der Waals surface area contributed by atoms with E-state index in [-0.39, 0.29) is 5.75 Å². The summed E-state index contributed by atoms with van der Waals surface area (Å²) < 4.78 is 10.0. The number of hydrogen-bond donors (Lipinski definition) is 1. The minimum absolute atomic E-state index is 0.286. The van der Waals surface area contributed by atoms with Crippen LogP contribution in [0.1, 0.15) is 16.7 Å². The number of rotatable bonds is 4. The fourth-order valence-electron chi connectivity index (χ4n) is 1.38. The molecular weight excluding hydrogens is 180 g/mol. The quantitative estimate of drug-likeness (QED) is 0.800. The molecule has 14 heavy (non-hydrogen) atoms. The highest BCUT2D eigenvalue weighted by Crippen LogP contribution is 2.26. The maximum atomic E-state index is 9.87. The van der Waals surface area contributed by atoms with E-state index in [4.69, 9.17) is 9.47 Å². The molecule has 0 unspecified atom stereocenters. The Bertz CT molecular complexity index is 308. The average Bonchev–Trinajstić information content (AvgIpc) is 2.17. The molecule has 0 aliphatic heterocycles. The van der Waals surface area contributed by atoms with E-state index >= 15 is 0 Å². The highest BCUT2D eigenvalue weighted by atomic mass is 16.5. The van der Waals surface area contributed by atoms with Gasteiger partial charge in [-0.15, -0.1) is 0 Å². The SMILES string of the molecule is COCc1ccc(C)c(COC)c1O. The molecule has 3 nitrogen and oxygen atoms in total. The first-order valence-corrected chi connectivity index (χ1v) is 4.49. The van der Waals surface area contributed by atoms with Crippen LogP contribution in [0.15, 0.2) is 12.1 Å². The standard InChI is InChI=1S/C11H16O3/c1-8-4-5-9(6-13-2)11(12)10(8)7-14-3/h4-5,12H,6-7H2,1-3H3. The van der Waals surface area contributed by atoms with Gasteiger partial charge in [0.15, 0.2) is 0 Å². The van der Waals surface area contributed by atoms with Gasteiger partial charge in [0.2, 0.25) is 0 Å². The van der Waals surface area contributed by atoms with Crippen molar-refractivity contribution < 1.29 is 14.6 Å². The summed E-state index contributed by atoms with van der Waals surface area (Å²) in [7, 11) is 3.22. The smallest absolute Gasteiger partial charge is 0.126 e. The summed E-state index contributed by atoms with van der Waals surface area (Å²) in [6.07, 6.45) is 0. The predicted molar refractivity (Wildman–Crippen MR) is 54.3 cm³/mol. The number of aromatic hydroxyl groups is 1. The van der Waals surface area contributed by atoms with E-state index in [1.165, 1.54) is 0 Å². The van der Waals surface area contributed by atoms with Gasteiger partial charge in [0, 0.05) is 25.3 Å². The molecule has 0 amide bonds. The van der Waals surface area contributed by atoms with Gasteiger partial charge < -0.3 is 14.6 Å². The van der Waals surface area contributed by atoms with Gasteiger partial charge in [-0.25, -0.2) is 0 Å². The molecule has 78 valence electrons. The van der Waals surface area contributed by atoms with Crippen molar-refractivity contribution in [3.63, 3.8) is 0 Å². The fourth-order valence-corrected chi connectivity index (χ4v) is 1.38. The Labute approximate surface area is 84.3 Å². The Morgan fingerprint density at radius 3 is 2.36 bits per heavy atom. The Balaban J connectivity index is 3.05. The molecule has 1 rings (SSSR count). The first-order valence-electron chi connectivity index (χ1n) is 4.49. The van der Waals surface area contributed by atoms with Crippen LogP contribution in [0, 0.1) is 6.92 Å². The van der Waals surface area contributed by atoms with Crippen molar-refractivity contribution >= 4 is 0 Å². The number of hydrogen-bond acceptors (Lipinski definition) is 3. The Hall–Kier alpha value is -1.06. The molecular formula is C11H16O3. The highest BCUT2D eigenvalue weighted by Gasteiger charge is 2.09. The topological polar surface area (TPSA) is 38.7 Å². The van der Waals surface area contributed by atoms with Crippen molar-refractivity contribution in [3.05, 3.63) is 28.8 Å². The first kappa shape index (κ1) is 11.0. The van der Waals surface area contributed by atoms with Gasteiger partial charge in [-0.1, -0.05) is 12.1 Å². The molecule has 3 heteroatoms. The fraction of sp³-hybridized carbons (Fsp3) is 0.455. The van der Waals surface area contributed by atoms with Crippen LogP contribution >= 0.6 is 0 Å². The molecule has 0 spiro atoms. The third-order valence-corrected chi connectivity index (χ3v) is 2.19. The third kappa shape index (κ3) is 2.25. The van der Waals surface area contributed by atoms with Crippen molar-refractivity contribution in [2.24, 2.45) is 0 Å². The summed E-state index contributed by atoms with van der Waals surface area (Å²) in [6.45, 7) is 2.79. The van der Waals surface area contributed by atoms with Gasteiger partial charge in [-0.3, -0.25) is 0 Å². The minimum Gasteiger partial charge on any atom is -0.507 e. The summed E-state index contributed by atoms with van der Waals surface area (Å²) in [6, 6.07) is 3.83. The zero-order valence-corrected chi connectivity index (χ0v) is 8.83. The molecule has 0 fully saturated rings. The number of phenolic OH excluding ortho intramolecular Hbond substituents is 1. The second-order valence-electron chi connectivity index (χ2n) is 3.23. The Kier molecular flexibility index (Phi) is 3.92. The lowest BCUT2D eigenvalue weighted by molar-refractivity contribution is 0.174. The second-order valence-corrected chi connectivity index (χ2v) is 3.23. The van der Waals surface area contributed by atoms with E-state index in [0.29, 0.717) is 13.2 Å². The van der Waals surface area contributed by atoms with Crippen LogP contribution in [0.3, 0.4) is 0 Å². The Morgan fingerprint density at radius 2 is 1.79 bits per heavy atom. The van der Waals surface area contributed by atoms with E-state index in [2.05, 4.69) is 0 Å². The van der Waals surface area contributed by atoms with E-state index < -0.39 is 0 Å². The molecule has 0 bridgehead atoms. The van der Waals surface area contributed by atoms with Gasteiger partial charge >= 0.3 is 0 Å². The molecule has 0 saturated heterocycles. The highest BCUT2D eigenvalue weighted by molar-refractivity contribution is 5.44. The second kappa shape index (κ2) is 4.98. The Morgan fingerprint density at radius 1 is 1.14 bits per heavy atom. The number of aryl methyl sites for hydroxylation is 1. The van der Waals surface area contributed by atoms with Crippen LogP contribution in [-0.2, 0) is 22.7 Å². The van der Waals surface area contributed by atoms with Crippen molar-refractivity contribution in [1.82, 2.24) is 0 Å². The molecule has 0 saturated carbocycles. The van der Waals surface area contributed by atoms with E-state index in [1.54, 1.807) is 14.2 Å². The van der Waals surface area contributed by atoms with Crippen molar-refractivity contribution in [1.29, 1.82) is 0 Å². The zero-order chi connectivity index (χ0) is 10.6. The third-order valence-electron chi connectivity index (χ3n) is 2.19. The minimum atomic E-state index is 0.286. The van der Waals surface area contributed by atoms with Crippen LogP contribution < -0.4 is 0 Å². The van der Waals surface area contributed by atoms with Crippen LogP contribution in [0.5, 0.6) is 5.75 Å². The molecule has 1 aromatic rings. The maximum absolute atomic E-state index is 9.87. The van der Waals surface area contributed by atoms with E-state index in [9.17, 15) is 5.11 Å². The predicted octanol–water partition coefficient (Wildman–Crippen LogP) is 1.99. The molecule has 0 radical (unpaired) electrons. The molecule has 0 aliphatic carbocycles. The molecule has 0 heterocycles. The average molecular weight is 196 g/mol. The maximum Gasteiger partial charge on any atom is 0.126 e. The monoisotopic (exact) mass is 196 g/mol. The lowest BCUT2D eigenvalue weighted by Gasteiger charge is -2.11. The number of phenols is 1. The van der Waals surface area contributed by atoms with Gasteiger partial charge in [0.25, 0.3) is 0 Å². The summed E-state index contributed by atoms with van der Waals surface area (Å²) in [5.41, 5.74) is 2.66. The van der Waals surface area contributed by atoms with Crippen LogP contribution in [0.4, 0.5) is 0 Å². The van der Waals surface area contributed by atoms with Crippen molar-refractivity contribution in [3.8, 4) is 5.75 Å². The summed E-state index contributed by atoms with van der Waals surface area (Å²) in [5.74, 6) is 0.286. The van der Waals surface area contributed by atoms with E-state index in [0.717, 1.165) is 16.7 Å². The molecule has 1 aromatic carbocycles. The van der Waals surface area contributed by atoms with Crippen LogP contribution in [-0.4, -0.2) is 19.3 Å². The van der Waals surface area contributed by atoms with Gasteiger partial charge in [-0.05, 0) is 12.5 Å². The van der Waals surface area contributed by atoms with Gasteiger partial charge in [0.1, 0.15) is 5.75 Å². The summed E-state index contributed by atoms with van der Waals surface area (Å²) in [4.78, 5) is 0. The summed E-state index contributed by atoms with van der Waals surface area (Å²) in [5, 5.41) is 9.87. The lowest BCUT2D eigenvalue weighted by atomic mass is 10.0. The van der Waals surface area contributed by atoms with Gasteiger partial charge in [-0.2, -0.15) is 0 Å². The number of benzene rings is 1. The normalized spacial score (nSPS) is 10.5. The first-order chi connectivity index (χ1) is 6.70. The molecule has 0 aromatic heterocycles. The van der Waals surface area contributed by atoms with Gasteiger partial charge in [0.05, 0.1) is 13.2 Å². The molecule has 1 N–H and O–H groups in total. The molecule has 0 aliphatic rings. The number of methoxy groups -OCH3 is 2. The van der Waals surface area contributed by atoms with Crippen LogP contribution in [0.2, 0.25) is 0 Å². The largest absolute Gasteiger partial charge is 0.507 e. The summed E-state index contributed by atoms with van der Waals surface area (Å²) >= 11 is 0. The molecule has 0 atom stereocenters.